The number of hydrogen-bond acceptors (Lipinski definition) is 2. The second-order valence-electron chi connectivity index (χ2n) is 3.89. The molecule has 0 amide bonds. The maximum Gasteiger partial charge on any atom is 0.180 e. The molecule has 0 radical (unpaired) electrons. The monoisotopic (exact) mass is 178 g/mol. The predicted octanol–water partition coefficient (Wildman–Crippen LogP) is 2.05. The number of rotatable bonds is 1. The highest BCUT2D eigenvalue weighted by atomic mass is 16.1. The molecule has 70 valence electrons. The van der Waals surface area contributed by atoms with E-state index in [-0.39, 0.29) is 5.78 Å². The molecule has 0 saturated carbocycles. The number of nitrogens with zero attached hydrogens (tertiary/aromatic N) is 1. The van der Waals surface area contributed by atoms with E-state index in [0.717, 1.165) is 29.8 Å². The van der Waals surface area contributed by atoms with Crippen molar-refractivity contribution in [3.8, 4) is 0 Å². The molecule has 3 heteroatoms. The summed E-state index contributed by atoms with van der Waals surface area (Å²) in [5.74, 6) is 0.631. The summed E-state index contributed by atoms with van der Waals surface area (Å²) in [5, 5.41) is 7.06. The first kappa shape index (κ1) is 8.48. The minimum absolute atomic E-state index is 0.223. The van der Waals surface area contributed by atoms with Crippen molar-refractivity contribution >= 4 is 5.78 Å². The number of ketones is 1. The molecular formula is C10H14N2O. The fraction of sp³-hybridized carbons (Fsp3) is 0.600. The van der Waals surface area contributed by atoms with Crippen LogP contribution in [0.5, 0.6) is 0 Å². The Hall–Kier alpha value is -1.12. The van der Waals surface area contributed by atoms with Gasteiger partial charge in [0, 0.05) is 12.0 Å². The van der Waals surface area contributed by atoms with Crippen molar-refractivity contribution in [2.45, 2.75) is 39.0 Å². The molecule has 0 fully saturated rings. The van der Waals surface area contributed by atoms with Gasteiger partial charge in [-0.05, 0) is 18.8 Å². The third-order valence-corrected chi connectivity index (χ3v) is 2.56. The number of H-pyrrole nitrogens is 1. The summed E-state index contributed by atoms with van der Waals surface area (Å²) in [6.45, 7) is 4.21. The zero-order valence-corrected chi connectivity index (χ0v) is 8.05. The Balaban J connectivity index is 2.47. The lowest BCUT2D eigenvalue weighted by atomic mass is 9.92. The second kappa shape index (κ2) is 2.98. The van der Waals surface area contributed by atoms with Crippen molar-refractivity contribution in [1.29, 1.82) is 0 Å². The standard InChI is InChI=1S/C10H14N2O/c1-6(2)9-7-4-3-5-8(13)10(7)12-11-9/h6H,3-5H2,1-2H3,(H,11,12). The van der Waals surface area contributed by atoms with Crippen molar-refractivity contribution in [2.24, 2.45) is 0 Å². The molecule has 0 spiro atoms. The summed E-state index contributed by atoms with van der Waals surface area (Å²) in [7, 11) is 0. The summed E-state index contributed by atoms with van der Waals surface area (Å²) >= 11 is 0. The van der Waals surface area contributed by atoms with Gasteiger partial charge < -0.3 is 0 Å². The highest BCUT2D eigenvalue weighted by Gasteiger charge is 2.23. The molecule has 2 rings (SSSR count). The van der Waals surface area contributed by atoms with Gasteiger partial charge >= 0.3 is 0 Å². The Kier molecular flexibility index (Phi) is 1.94. The Morgan fingerprint density at radius 2 is 2.15 bits per heavy atom. The quantitative estimate of drug-likeness (QED) is 0.715. The maximum absolute atomic E-state index is 11.5. The summed E-state index contributed by atoms with van der Waals surface area (Å²) in [5.41, 5.74) is 2.99. The summed E-state index contributed by atoms with van der Waals surface area (Å²) in [6, 6.07) is 0. The van der Waals surface area contributed by atoms with Crippen molar-refractivity contribution < 1.29 is 4.79 Å². The third kappa shape index (κ3) is 1.28. The van der Waals surface area contributed by atoms with Crippen molar-refractivity contribution in [1.82, 2.24) is 10.2 Å². The topological polar surface area (TPSA) is 45.8 Å². The average molecular weight is 178 g/mol. The number of carbonyl (C=O) groups is 1. The summed E-state index contributed by atoms with van der Waals surface area (Å²) in [4.78, 5) is 11.5. The Morgan fingerprint density at radius 3 is 2.85 bits per heavy atom. The number of hydrogen-bond donors (Lipinski definition) is 1. The van der Waals surface area contributed by atoms with Crippen LogP contribution in [0.3, 0.4) is 0 Å². The van der Waals surface area contributed by atoms with Crippen LogP contribution in [0.4, 0.5) is 0 Å². The van der Waals surface area contributed by atoms with Crippen LogP contribution in [-0.2, 0) is 6.42 Å². The second-order valence-corrected chi connectivity index (χ2v) is 3.89. The van der Waals surface area contributed by atoms with E-state index in [0.29, 0.717) is 12.3 Å². The number of Topliss-reactive ketones (excluding diaryl/α,β-unsaturated/α-hetero) is 1. The lowest BCUT2D eigenvalue weighted by Crippen LogP contribution is -2.10. The Bertz CT molecular complexity index is 339. The zero-order chi connectivity index (χ0) is 9.42. The van der Waals surface area contributed by atoms with Gasteiger partial charge in [0.15, 0.2) is 5.78 Å². The number of aromatic amines is 1. The molecule has 0 unspecified atom stereocenters. The minimum atomic E-state index is 0.223. The maximum atomic E-state index is 11.5. The van der Waals surface area contributed by atoms with Crippen LogP contribution in [0.1, 0.15) is 54.4 Å². The van der Waals surface area contributed by atoms with Gasteiger partial charge in [0.1, 0.15) is 5.69 Å². The number of nitrogens with one attached hydrogen (secondary N) is 1. The van der Waals surface area contributed by atoms with E-state index in [9.17, 15) is 4.79 Å². The molecule has 0 bridgehead atoms. The van der Waals surface area contributed by atoms with E-state index < -0.39 is 0 Å². The van der Waals surface area contributed by atoms with Gasteiger partial charge in [0.05, 0.1) is 5.69 Å². The first-order valence-corrected chi connectivity index (χ1v) is 4.80. The van der Waals surface area contributed by atoms with Gasteiger partial charge in [-0.1, -0.05) is 13.8 Å². The number of aromatic nitrogens is 2. The molecule has 0 aliphatic heterocycles. The molecule has 1 aromatic rings. The van der Waals surface area contributed by atoms with Crippen LogP contribution in [0, 0.1) is 0 Å². The lowest BCUT2D eigenvalue weighted by molar-refractivity contribution is 0.0967. The Morgan fingerprint density at radius 1 is 1.38 bits per heavy atom. The van der Waals surface area contributed by atoms with E-state index in [2.05, 4.69) is 24.0 Å². The highest BCUT2D eigenvalue weighted by molar-refractivity contribution is 5.96. The largest absolute Gasteiger partial charge is 0.292 e. The van der Waals surface area contributed by atoms with Gasteiger partial charge in [0.2, 0.25) is 0 Å². The molecule has 1 N–H and O–H groups in total. The fourth-order valence-corrected chi connectivity index (χ4v) is 1.89. The first-order valence-electron chi connectivity index (χ1n) is 4.80. The molecule has 3 nitrogen and oxygen atoms in total. The summed E-state index contributed by atoms with van der Waals surface area (Å²) < 4.78 is 0. The number of fused-ring (bicyclic) bond motifs is 1. The number of carbonyl (C=O) groups excluding carboxylic acids is 1. The molecule has 0 aromatic carbocycles. The van der Waals surface area contributed by atoms with Crippen LogP contribution in [-0.4, -0.2) is 16.0 Å². The van der Waals surface area contributed by atoms with Gasteiger partial charge in [-0.15, -0.1) is 0 Å². The van der Waals surface area contributed by atoms with Crippen LogP contribution in [0.25, 0.3) is 0 Å². The van der Waals surface area contributed by atoms with E-state index >= 15 is 0 Å². The molecule has 1 heterocycles. The molecular weight excluding hydrogens is 164 g/mol. The predicted molar refractivity (Wildman–Crippen MR) is 49.9 cm³/mol. The molecule has 1 aliphatic rings. The van der Waals surface area contributed by atoms with Crippen LogP contribution < -0.4 is 0 Å². The van der Waals surface area contributed by atoms with E-state index in [1.165, 1.54) is 0 Å². The van der Waals surface area contributed by atoms with Gasteiger partial charge in [0.25, 0.3) is 0 Å². The normalized spacial score (nSPS) is 16.4. The SMILES string of the molecule is CC(C)c1n[nH]c2c1CCCC2=O. The van der Waals surface area contributed by atoms with Crippen LogP contribution >= 0.6 is 0 Å². The van der Waals surface area contributed by atoms with E-state index in [1.807, 2.05) is 0 Å². The smallest absolute Gasteiger partial charge is 0.180 e. The fourth-order valence-electron chi connectivity index (χ4n) is 1.89. The Labute approximate surface area is 77.5 Å². The van der Waals surface area contributed by atoms with Gasteiger partial charge in [-0.3, -0.25) is 9.89 Å². The first-order chi connectivity index (χ1) is 6.20. The average Bonchev–Trinajstić information content (AvgIpc) is 2.48. The van der Waals surface area contributed by atoms with Crippen LogP contribution in [0.15, 0.2) is 0 Å². The van der Waals surface area contributed by atoms with Gasteiger partial charge in [-0.25, -0.2) is 0 Å². The molecule has 0 saturated heterocycles. The highest BCUT2D eigenvalue weighted by Crippen LogP contribution is 2.26. The minimum Gasteiger partial charge on any atom is -0.292 e. The van der Waals surface area contributed by atoms with Crippen LogP contribution in [0.2, 0.25) is 0 Å². The lowest BCUT2D eigenvalue weighted by Gasteiger charge is -2.11. The molecule has 0 atom stereocenters. The summed E-state index contributed by atoms with van der Waals surface area (Å²) in [6.07, 6.45) is 2.66. The van der Waals surface area contributed by atoms with E-state index in [1.54, 1.807) is 0 Å². The molecule has 1 aliphatic carbocycles. The zero-order valence-electron chi connectivity index (χ0n) is 8.05. The van der Waals surface area contributed by atoms with Crippen molar-refractivity contribution in [3.63, 3.8) is 0 Å². The third-order valence-electron chi connectivity index (χ3n) is 2.56. The van der Waals surface area contributed by atoms with Crippen molar-refractivity contribution in [3.05, 3.63) is 17.0 Å². The van der Waals surface area contributed by atoms with E-state index in [4.69, 9.17) is 0 Å². The van der Waals surface area contributed by atoms with Crippen molar-refractivity contribution in [2.75, 3.05) is 0 Å². The molecule has 1 aromatic heterocycles. The van der Waals surface area contributed by atoms with Gasteiger partial charge in [-0.2, -0.15) is 5.10 Å². The molecule has 13 heavy (non-hydrogen) atoms.